The van der Waals surface area contributed by atoms with Crippen molar-refractivity contribution >= 4 is 11.6 Å². The molecule has 1 saturated carbocycles. The van der Waals surface area contributed by atoms with Crippen molar-refractivity contribution in [2.75, 3.05) is 31.6 Å². The highest BCUT2D eigenvalue weighted by Gasteiger charge is 2.31. The molecule has 1 amide bonds. The van der Waals surface area contributed by atoms with Gasteiger partial charge in [-0.15, -0.1) is 0 Å². The Morgan fingerprint density at radius 3 is 2.39 bits per heavy atom. The number of halogens is 3. The first kappa shape index (κ1) is 26.3. The zero-order valence-corrected chi connectivity index (χ0v) is 21.5. The summed E-state index contributed by atoms with van der Waals surface area (Å²) >= 11 is 0. The molecule has 5 rings (SSSR count). The molecular formula is C27H31F3N6O2. The van der Waals surface area contributed by atoms with Crippen molar-refractivity contribution in [2.45, 2.75) is 57.7 Å². The van der Waals surface area contributed by atoms with Crippen LogP contribution in [0.4, 0.5) is 18.9 Å². The lowest BCUT2D eigenvalue weighted by Gasteiger charge is -2.38. The molecule has 0 atom stereocenters. The molecule has 4 heterocycles. The summed E-state index contributed by atoms with van der Waals surface area (Å²) in [5, 5.41) is 7.03. The molecule has 38 heavy (non-hydrogen) atoms. The van der Waals surface area contributed by atoms with Gasteiger partial charge in [0.2, 0.25) is 0 Å². The molecule has 0 bridgehead atoms. The molecule has 0 spiro atoms. The normalized spacial score (nSPS) is 20.9. The SMILES string of the molecule is Cc1cc(NC(=O)c2cnn(-c3ccc(C(F)(F)F)cn3)c2C)cnc1[C@H]1CC[C@@H](N2CCOCC2)CC1. The molecular weight excluding hydrogens is 497 g/mol. The minimum absolute atomic E-state index is 0.194. The van der Waals surface area contributed by atoms with Gasteiger partial charge in [0.1, 0.15) is 0 Å². The zero-order chi connectivity index (χ0) is 26.9. The summed E-state index contributed by atoms with van der Waals surface area (Å²) < 4.78 is 45.3. The fraction of sp³-hybridized carbons (Fsp3) is 0.481. The van der Waals surface area contributed by atoms with E-state index in [1.165, 1.54) is 16.9 Å². The van der Waals surface area contributed by atoms with Gasteiger partial charge >= 0.3 is 6.18 Å². The second kappa shape index (κ2) is 10.8. The number of alkyl halides is 3. The van der Waals surface area contributed by atoms with Gasteiger partial charge in [-0.2, -0.15) is 18.3 Å². The smallest absolute Gasteiger partial charge is 0.379 e. The topological polar surface area (TPSA) is 85.2 Å². The van der Waals surface area contributed by atoms with Gasteiger partial charge in [-0.1, -0.05) is 0 Å². The molecule has 1 saturated heterocycles. The Morgan fingerprint density at radius 1 is 1.03 bits per heavy atom. The highest BCUT2D eigenvalue weighted by molar-refractivity contribution is 6.04. The molecule has 2 aliphatic rings. The molecule has 0 radical (unpaired) electrons. The van der Waals surface area contributed by atoms with E-state index in [4.69, 9.17) is 9.72 Å². The van der Waals surface area contributed by atoms with Gasteiger partial charge in [0.15, 0.2) is 5.82 Å². The second-order valence-electron chi connectivity index (χ2n) is 9.99. The predicted molar refractivity (Wildman–Crippen MR) is 135 cm³/mol. The number of hydrogen-bond donors (Lipinski definition) is 1. The van der Waals surface area contributed by atoms with Crippen LogP contribution in [0.2, 0.25) is 0 Å². The lowest BCUT2D eigenvalue weighted by molar-refractivity contribution is -0.137. The first-order chi connectivity index (χ1) is 18.2. The molecule has 1 aliphatic heterocycles. The predicted octanol–water partition coefficient (Wildman–Crippen LogP) is 4.91. The monoisotopic (exact) mass is 528 g/mol. The lowest BCUT2D eigenvalue weighted by atomic mass is 9.82. The number of amides is 1. The van der Waals surface area contributed by atoms with Crippen LogP contribution in [0.3, 0.4) is 0 Å². The van der Waals surface area contributed by atoms with Crippen LogP contribution in [0.15, 0.2) is 36.8 Å². The molecule has 11 heteroatoms. The molecule has 202 valence electrons. The zero-order valence-electron chi connectivity index (χ0n) is 21.5. The maximum Gasteiger partial charge on any atom is 0.417 e. The van der Waals surface area contributed by atoms with E-state index in [2.05, 4.69) is 20.3 Å². The van der Waals surface area contributed by atoms with Crippen molar-refractivity contribution in [1.82, 2.24) is 24.6 Å². The van der Waals surface area contributed by atoms with Crippen molar-refractivity contribution in [1.29, 1.82) is 0 Å². The number of pyridine rings is 2. The van der Waals surface area contributed by atoms with Crippen molar-refractivity contribution < 1.29 is 22.7 Å². The Kier molecular flexibility index (Phi) is 7.49. The lowest BCUT2D eigenvalue weighted by Crippen LogP contribution is -2.44. The minimum Gasteiger partial charge on any atom is -0.379 e. The molecule has 0 aromatic carbocycles. The van der Waals surface area contributed by atoms with Crippen molar-refractivity contribution in [3.05, 3.63) is 64.9 Å². The first-order valence-electron chi connectivity index (χ1n) is 12.9. The van der Waals surface area contributed by atoms with Gasteiger partial charge in [-0.05, 0) is 63.3 Å². The minimum atomic E-state index is -4.47. The first-order valence-corrected chi connectivity index (χ1v) is 12.9. The Morgan fingerprint density at radius 2 is 1.76 bits per heavy atom. The number of aromatic nitrogens is 4. The molecule has 3 aromatic heterocycles. The average molecular weight is 529 g/mol. The quantitative estimate of drug-likeness (QED) is 0.507. The van der Waals surface area contributed by atoms with Crippen molar-refractivity contribution in [2.24, 2.45) is 0 Å². The van der Waals surface area contributed by atoms with Crippen molar-refractivity contribution in [3.63, 3.8) is 0 Å². The molecule has 3 aromatic rings. The largest absolute Gasteiger partial charge is 0.417 e. The third-order valence-electron chi connectivity index (χ3n) is 7.57. The Labute approximate surface area is 219 Å². The van der Waals surface area contributed by atoms with E-state index < -0.39 is 11.7 Å². The van der Waals surface area contributed by atoms with Crippen molar-refractivity contribution in [3.8, 4) is 5.82 Å². The Balaban J connectivity index is 1.22. The number of aryl methyl sites for hydroxylation is 1. The molecule has 1 aliphatic carbocycles. The number of morpholine rings is 1. The van der Waals surface area contributed by atoms with E-state index in [-0.39, 0.29) is 11.7 Å². The number of carbonyl (C=O) groups excluding carboxylic acids is 1. The maximum atomic E-state index is 13.0. The maximum absolute atomic E-state index is 13.0. The summed E-state index contributed by atoms with van der Waals surface area (Å²) in [6, 6.07) is 4.72. The number of carbonyl (C=O) groups is 1. The molecule has 8 nitrogen and oxygen atoms in total. The summed E-state index contributed by atoms with van der Waals surface area (Å²) in [7, 11) is 0. The third-order valence-corrected chi connectivity index (χ3v) is 7.57. The van der Waals surface area contributed by atoms with Gasteiger partial charge in [-0.3, -0.25) is 14.7 Å². The summed E-state index contributed by atoms with van der Waals surface area (Å²) in [6.07, 6.45) is 3.84. The highest BCUT2D eigenvalue weighted by Crippen LogP contribution is 2.36. The van der Waals surface area contributed by atoms with E-state index in [1.54, 1.807) is 13.1 Å². The van der Waals surface area contributed by atoms with Gasteiger partial charge in [0.05, 0.1) is 48.1 Å². The number of nitrogens with one attached hydrogen (secondary N) is 1. The summed E-state index contributed by atoms with van der Waals surface area (Å²) in [6.45, 7) is 7.35. The van der Waals surface area contributed by atoms with E-state index in [9.17, 15) is 18.0 Å². The Bertz CT molecular complexity index is 1280. The van der Waals surface area contributed by atoms with Crippen LogP contribution in [-0.4, -0.2) is 62.9 Å². The summed E-state index contributed by atoms with van der Waals surface area (Å²) in [5.41, 5.74) is 2.63. The standard InChI is InChI=1S/C27H31F3N6O2/c1-17-13-21(15-32-25(17)19-3-6-22(7-4-19)35-9-11-38-12-10-35)34-26(37)23-16-33-36(18(23)2)24-8-5-20(14-31-24)27(28,29)30/h5,8,13-16,19,22H,3-4,6-7,9-12H2,1-2H3,(H,34,37)/t19-,22+. The van der Waals surface area contributed by atoms with Gasteiger partial charge in [-0.25, -0.2) is 9.67 Å². The second-order valence-corrected chi connectivity index (χ2v) is 9.99. The molecule has 0 unspecified atom stereocenters. The average Bonchev–Trinajstić information content (AvgIpc) is 3.30. The van der Waals surface area contributed by atoms with E-state index in [0.717, 1.165) is 75.5 Å². The van der Waals surface area contributed by atoms with E-state index in [0.29, 0.717) is 28.9 Å². The number of rotatable bonds is 5. The fourth-order valence-corrected chi connectivity index (χ4v) is 5.48. The third kappa shape index (κ3) is 5.58. The summed E-state index contributed by atoms with van der Waals surface area (Å²) in [4.78, 5) is 24.1. The van der Waals surface area contributed by atoms with Crippen LogP contribution in [0.1, 0.15) is 64.5 Å². The molecule has 1 N–H and O–H groups in total. The van der Waals surface area contributed by atoms with Crippen LogP contribution >= 0.6 is 0 Å². The number of hydrogen-bond acceptors (Lipinski definition) is 6. The van der Waals surface area contributed by atoms with Gasteiger partial charge in [0, 0.05) is 36.9 Å². The van der Waals surface area contributed by atoms with Crippen LogP contribution < -0.4 is 5.32 Å². The van der Waals surface area contributed by atoms with Crippen LogP contribution in [-0.2, 0) is 10.9 Å². The summed E-state index contributed by atoms with van der Waals surface area (Å²) in [5.74, 6) is 0.231. The van der Waals surface area contributed by atoms with Crippen LogP contribution in [0, 0.1) is 13.8 Å². The van der Waals surface area contributed by atoms with Crippen LogP contribution in [0.5, 0.6) is 0 Å². The number of ether oxygens (including phenoxy) is 1. The van der Waals surface area contributed by atoms with Gasteiger partial charge < -0.3 is 10.1 Å². The number of nitrogens with zero attached hydrogens (tertiary/aromatic N) is 5. The number of anilines is 1. The highest BCUT2D eigenvalue weighted by atomic mass is 19.4. The Hall–Kier alpha value is -3.31. The van der Waals surface area contributed by atoms with E-state index >= 15 is 0 Å². The fourth-order valence-electron chi connectivity index (χ4n) is 5.48. The van der Waals surface area contributed by atoms with Crippen LogP contribution in [0.25, 0.3) is 5.82 Å². The van der Waals surface area contributed by atoms with E-state index in [1.807, 2.05) is 13.0 Å². The van der Waals surface area contributed by atoms with Gasteiger partial charge in [0.25, 0.3) is 5.91 Å². The molecule has 2 fully saturated rings.